The molecular formula is C13H17NO4. The van der Waals surface area contributed by atoms with E-state index in [1.807, 2.05) is 0 Å². The van der Waals surface area contributed by atoms with Crippen molar-refractivity contribution in [2.75, 3.05) is 6.61 Å². The molecule has 0 saturated heterocycles. The van der Waals surface area contributed by atoms with Gasteiger partial charge in [0.05, 0.1) is 11.5 Å². The van der Waals surface area contributed by atoms with Gasteiger partial charge in [-0.1, -0.05) is 0 Å². The van der Waals surface area contributed by atoms with Gasteiger partial charge in [0.1, 0.15) is 11.5 Å². The molecule has 0 fully saturated rings. The van der Waals surface area contributed by atoms with E-state index in [0.717, 1.165) is 0 Å². The summed E-state index contributed by atoms with van der Waals surface area (Å²) in [6.45, 7) is 5.36. The van der Waals surface area contributed by atoms with Crippen molar-refractivity contribution in [2.45, 2.75) is 33.6 Å². The number of hydrogen-bond donors (Lipinski definition) is 0. The molecule has 0 heterocycles. The topological polar surface area (TPSA) is 69.4 Å². The monoisotopic (exact) mass is 251 g/mol. The van der Waals surface area contributed by atoms with Crippen molar-refractivity contribution in [1.29, 1.82) is 0 Å². The van der Waals surface area contributed by atoms with Crippen LogP contribution in [-0.4, -0.2) is 17.3 Å². The number of nitro benzene ring substituents is 1. The average Bonchev–Trinajstić information content (AvgIpc) is 2.22. The molecule has 0 aliphatic heterocycles. The minimum absolute atomic E-state index is 0.131. The highest BCUT2D eigenvalue weighted by Gasteiger charge is 2.15. The SMILES string of the molecule is CC(=O)CCCOc1cc(C)c([N+](=O)[O-])c(C)c1. The van der Waals surface area contributed by atoms with Crippen molar-refractivity contribution in [3.05, 3.63) is 33.4 Å². The number of ketones is 1. The molecule has 0 saturated carbocycles. The predicted molar refractivity (Wildman–Crippen MR) is 68.0 cm³/mol. The second-order valence-electron chi connectivity index (χ2n) is 4.32. The van der Waals surface area contributed by atoms with E-state index >= 15 is 0 Å². The van der Waals surface area contributed by atoms with E-state index in [9.17, 15) is 14.9 Å². The summed E-state index contributed by atoms with van der Waals surface area (Å²) in [5, 5.41) is 10.8. The van der Waals surface area contributed by atoms with Crippen molar-refractivity contribution in [3.8, 4) is 5.75 Å². The van der Waals surface area contributed by atoms with Crippen molar-refractivity contribution < 1.29 is 14.5 Å². The third-order valence-electron chi connectivity index (χ3n) is 2.59. The van der Waals surface area contributed by atoms with Crippen molar-refractivity contribution in [3.63, 3.8) is 0 Å². The van der Waals surface area contributed by atoms with Gasteiger partial charge in [-0.05, 0) is 39.3 Å². The average molecular weight is 251 g/mol. The van der Waals surface area contributed by atoms with Gasteiger partial charge in [0, 0.05) is 17.5 Å². The van der Waals surface area contributed by atoms with Gasteiger partial charge in [-0.2, -0.15) is 0 Å². The van der Waals surface area contributed by atoms with Crippen LogP contribution in [0.2, 0.25) is 0 Å². The fourth-order valence-corrected chi connectivity index (χ4v) is 1.80. The third kappa shape index (κ3) is 3.84. The largest absolute Gasteiger partial charge is 0.494 e. The minimum atomic E-state index is -0.385. The quantitative estimate of drug-likeness (QED) is 0.442. The summed E-state index contributed by atoms with van der Waals surface area (Å²) in [6.07, 6.45) is 1.15. The number of aryl methyl sites for hydroxylation is 2. The molecule has 18 heavy (non-hydrogen) atoms. The number of rotatable bonds is 6. The second kappa shape index (κ2) is 6.14. The highest BCUT2D eigenvalue weighted by molar-refractivity contribution is 5.75. The van der Waals surface area contributed by atoms with Crippen LogP contribution in [0.4, 0.5) is 5.69 Å². The van der Waals surface area contributed by atoms with E-state index < -0.39 is 0 Å². The first-order valence-corrected chi connectivity index (χ1v) is 5.79. The standard InChI is InChI=1S/C13H17NO4/c1-9-7-12(18-6-4-5-11(3)15)8-10(2)13(9)14(16)17/h7-8H,4-6H2,1-3H3. The Morgan fingerprint density at radius 3 is 2.33 bits per heavy atom. The number of carbonyl (C=O) groups is 1. The Morgan fingerprint density at radius 2 is 1.89 bits per heavy atom. The lowest BCUT2D eigenvalue weighted by molar-refractivity contribution is -0.386. The molecule has 98 valence electrons. The summed E-state index contributed by atoms with van der Waals surface area (Å²) >= 11 is 0. The molecule has 1 aromatic carbocycles. The highest BCUT2D eigenvalue weighted by Crippen LogP contribution is 2.28. The maximum atomic E-state index is 10.8. The van der Waals surface area contributed by atoms with Crippen molar-refractivity contribution >= 4 is 11.5 Å². The van der Waals surface area contributed by atoms with Crippen molar-refractivity contribution in [2.24, 2.45) is 0 Å². The molecule has 0 aromatic heterocycles. The maximum Gasteiger partial charge on any atom is 0.275 e. The first kappa shape index (κ1) is 14.2. The van der Waals surface area contributed by atoms with E-state index in [-0.39, 0.29) is 16.4 Å². The molecule has 0 atom stereocenters. The molecule has 0 aliphatic rings. The van der Waals surface area contributed by atoms with Crippen LogP contribution in [0, 0.1) is 24.0 Å². The predicted octanol–water partition coefficient (Wildman–Crippen LogP) is 2.96. The zero-order chi connectivity index (χ0) is 13.7. The Labute approximate surface area is 106 Å². The normalized spacial score (nSPS) is 10.2. The number of benzene rings is 1. The highest BCUT2D eigenvalue weighted by atomic mass is 16.6. The lowest BCUT2D eigenvalue weighted by Gasteiger charge is -2.08. The van der Waals surface area contributed by atoms with Crippen LogP contribution in [0.25, 0.3) is 0 Å². The molecule has 1 aromatic rings. The Morgan fingerprint density at radius 1 is 1.33 bits per heavy atom. The molecule has 0 spiro atoms. The van der Waals surface area contributed by atoms with Crippen LogP contribution in [0.5, 0.6) is 5.75 Å². The molecule has 0 unspecified atom stereocenters. The summed E-state index contributed by atoms with van der Waals surface area (Å²) in [5.41, 5.74) is 1.30. The molecule has 0 amide bonds. The molecule has 1 rings (SSSR count). The molecular weight excluding hydrogens is 234 g/mol. The van der Waals surface area contributed by atoms with Gasteiger partial charge in [-0.25, -0.2) is 0 Å². The fraction of sp³-hybridized carbons (Fsp3) is 0.462. The molecule has 5 heteroatoms. The lowest BCUT2D eigenvalue weighted by Crippen LogP contribution is -2.02. The van der Waals surface area contributed by atoms with E-state index in [2.05, 4.69) is 0 Å². The van der Waals surface area contributed by atoms with Gasteiger partial charge in [0.15, 0.2) is 0 Å². The van der Waals surface area contributed by atoms with Gasteiger partial charge in [0.25, 0.3) is 5.69 Å². The Balaban J connectivity index is 2.69. The second-order valence-corrected chi connectivity index (χ2v) is 4.32. The van der Waals surface area contributed by atoms with E-state index in [0.29, 0.717) is 36.3 Å². The van der Waals surface area contributed by atoms with Crippen LogP contribution < -0.4 is 4.74 Å². The fourth-order valence-electron chi connectivity index (χ4n) is 1.80. The third-order valence-corrected chi connectivity index (χ3v) is 2.59. The molecule has 0 N–H and O–H groups in total. The number of nitro groups is 1. The summed E-state index contributed by atoms with van der Waals surface area (Å²) in [7, 11) is 0. The van der Waals surface area contributed by atoms with Crippen LogP contribution >= 0.6 is 0 Å². The number of carbonyl (C=O) groups excluding carboxylic acids is 1. The van der Waals surface area contributed by atoms with E-state index in [4.69, 9.17) is 4.74 Å². The molecule has 0 radical (unpaired) electrons. The Bertz CT molecular complexity index is 445. The first-order valence-electron chi connectivity index (χ1n) is 5.79. The van der Waals surface area contributed by atoms with E-state index in [1.54, 1.807) is 32.9 Å². The first-order chi connectivity index (χ1) is 8.41. The van der Waals surface area contributed by atoms with Gasteiger partial charge in [-0.3, -0.25) is 10.1 Å². The number of ether oxygens (including phenoxy) is 1. The van der Waals surface area contributed by atoms with Crippen LogP contribution in [0.1, 0.15) is 30.9 Å². The smallest absolute Gasteiger partial charge is 0.275 e. The maximum absolute atomic E-state index is 10.8. The Kier molecular flexibility index (Phi) is 4.83. The van der Waals surface area contributed by atoms with Crippen LogP contribution in [0.3, 0.4) is 0 Å². The molecule has 5 nitrogen and oxygen atoms in total. The zero-order valence-electron chi connectivity index (χ0n) is 10.9. The van der Waals surface area contributed by atoms with Gasteiger partial charge in [0.2, 0.25) is 0 Å². The Hall–Kier alpha value is -1.91. The summed E-state index contributed by atoms with van der Waals surface area (Å²) < 4.78 is 5.48. The van der Waals surface area contributed by atoms with Gasteiger partial charge >= 0.3 is 0 Å². The van der Waals surface area contributed by atoms with E-state index in [1.165, 1.54) is 0 Å². The molecule has 0 aliphatic carbocycles. The zero-order valence-corrected chi connectivity index (χ0v) is 10.9. The number of Topliss-reactive ketones (excluding diaryl/α,β-unsaturated/α-hetero) is 1. The van der Waals surface area contributed by atoms with Gasteiger partial charge < -0.3 is 9.53 Å². The lowest BCUT2D eigenvalue weighted by atomic mass is 10.1. The van der Waals surface area contributed by atoms with Crippen molar-refractivity contribution in [1.82, 2.24) is 0 Å². The number of hydrogen-bond acceptors (Lipinski definition) is 4. The summed E-state index contributed by atoms with van der Waals surface area (Å²) in [6, 6.07) is 3.30. The summed E-state index contributed by atoms with van der Waals surface area (Å²) in [4.78, 5) is 21.2. The molecule has 0 bridgehead atoms. The number of nitrogens with zero attached hydrogens (tertiary/aromatic N) is 1. The minimum Gasteiger partial charge on any atom is -0.494 e. The van der Waals surface area contributed by atoms with Crippen LogP contribution in [0.15, 0.2) is 12.1 Å². The summed E-state index contributed by atoms with van der Waals surface area (Å²) in [5.74, 6) is 0.744. The van der Waals surface area contributed by atoms with Gasteiger partial charge in [-0.15, -0.1) is 0 Å². The van der Waals surface area contributed by atoms with Crippen LogP contribution in [-0.2, 0) is 4.79 Å².